The highest BCUT2D eigenvalue weighted by molar-refractivity contribution is 6.13. The molecule has 0 N–H and O–H groups in total. The Morgan fingerprint density at radius 3 is 1.53 bits per heavy atom. The standard InChI is InChI=1S/C55H35N3O/c1-4-13-36(14-5-1)41-19-10-21-45(34-41)54-56-53(40-17-8-3-9-18-40)57-55(58-54)48-23-12-24-51-52(48)49-35-43(30-32-50(49)59-51)38-27-25-37(26-28-38)42-29-31-47-44(33-42)20-11-22-46(47)39-15-6-2-7-16-39/h1-35H. The number of nitrogens with zero attached hydrogens (tertiary/aromatic N) is 3. The highest BCUT2D eigenvalue weighted by atomic mass is 16.3. The van der Waals surface area contributed by atoms with Gasteiger partial charge in [0.25, 0.3) is 0 Å². The summed E-state index contributed by atoms with van der Waals surface area (Å²) in [6.07, 6.45) is 0. The Labute approximate surface area is 341 Å². The van der Waals surface area contributed by atoms with Gasteiger partial charge in [-0.15, -0.1) is 0 Å². The van der Waals surface area contributed by atoms with Gasteiger partial charge in [-0.05, 0) is 85.6 Å². The lowest BCUT2D eigenvalue weighted by Crippen LogP contribution is -2.00. The van der Waals surface area contributed by atoms with E-state index in [0.29, 0.717) is 17.5 Å². The minimum absolute atomic E-state index is 0.591. The lowest BCUT2D eigenvalue weighted by Gasteiger charge is -2.11. The Bertz CT molecular complexity index is 3300. The maximum Gasteiger partial charge on any atom is 0.164 e. The molecule has 9 aromatic carbocycles. The molecule has 0 aliphatic heterocycles. The summed E-state index contributed by atoms with van der Waals surface area (Å²) in [6.45, 7) is 0. The molecule has 0 spiro atoms. The normalized spacial score (nSPS) is 11.4. The van der Waals surface area contributed by atoms with Crippen LogP contribution in [0.2, 0.25) is 0 Å². The van der Waals surface area contributed by atoms with Gasteiger partial charge in [0.05, 0.1) is 0 Å². The number of fused-ring (bicyclic) bond motifs is 4. The van der Waals surface area contributed by atoms with Crippen molar-refractivity contribution in [2.75, 3.05) is 0 Å². The van der Waals surface area contributed by atoms with Gasteiger partial charge in [0.1, 0.15) is 11.2 Å². The molecule has 0 aliphatic rings. The highest BCUT2D eigenvalue weighted by Gasteiger charge is 2.19. The Kier molecular flexibility index (Phi) is 8.45. The average Bonchev–Trinajstić information content (AvgIpc) is 3.70. The van der Waals surface area contributed by atoms with Crippen molar-refractivity contribution >= 4 is 32.7 Å². The number of hydrogen-bond acceptors (Lipinski definition) is 4. The van der Waals surface area contributed by atoms with E-state index >= 15 is 0 Å². The fraction of sp³-hybridized carbons (Fsp3) is 0. The predicted octanol–water partition coefficient (Wildman–Crippen LogP) is 14.6. The summed E-state index contributed by atoms with van der Waals surface area (Å²) in [5.41, 5.74) is 13.6. The van der Waals surface area contributed by atoms with E-state index in [1.807, 2.05) is 48.5 Å². The van der Waals surface area contributed by atoms with Crippen LogP contribution in [0, 0.1) is 0 Å². The summed E-state index contributed by atoms with van der Waals surface area (Å²) in [4.78, 5) is 15.3. The van der Waals surface area contributed by atoms with Crippen molar-refractivity contribution in [2.24, 2.45) is 0 Å². The fourth-order valence-electron chi connectivity index (χ4n) is 8.19. The molecule has 11 aromatic rings. The monoisotopic (exact) mass is 753 g/mol. The summed E-state index contributed by atoms with van der Waals surface area (Å²) in [6, 6.07) is 74.1. The summed E-state index contributed by atoms with van der Waals surface area (Å²) in [5, 5.41) is 4.46. The third kappa shape index (κ3) is 6.43. The first-order valence-electron chi connectivity index (χ1n) is 19.8. The van der Waals surface area contributed by atoms with Gasteiger partial charge < -0.3 is 4.42 Å². The molecule has 0 bridgehead atoms. The molecule has 2 aromatic heterocycles. The molecule has 0 radical (unpaired) electrons. The molecule has 0 aliphatic carbocycles. The van der Waals surface area contributed by atoms with Crippen molar-refractivity contribution in [2.45, 2.75) is 0 Å². The third-order valence-electron chi connectivity index (χ3n) is 11.1. The van der Waals surface area contributed by atoms with Crippen LogP contribution < -0.4 is 0 Å². The summed E-state index contributed by atoms with van der Waals surface area (Å²) >= 11 is 0. The van der Waals surface area contributed by atoms with Gasteiger partial charge in [-0.3, -0.25) is 0 Å². The Balaban J connectivity index is 0.984. The number of aromatic nitrogens is 3. The van der Waals surface area contributed by atoms with Gasteiger partial charge in [0.15, 0.2) is 17.5 Å². The van der Waals surface area contributed by atoms with Crippen molar-refractivity contribution < 1.29 is 4.42 Å². The summed E-state index contributed by atoms with van der Waals surface area (Å²) in [7, 11) is 0. The first kappa shape index (κ1) is 34.3. The maximum atomic E-state index is 6.48. The van der Waals surface area contributed by atoms with Crippen LogP contribution in [-0.4, -0.2) is 15.0 Å². The maximum absolute atomic E-state index is 6.48. The van der Waals surface area contributed by atoms with E-state index in [2.05, 4.69) is 164 Å². The van der Waals surface area contributed by atoms with Crippen molar-refractivity contribution in [3.05, 3.63) is 212 Å². The van der Waals surface area contributed by atoms with E-state index in [9.17, 15) is 0 Å². The first-order chi connectivity index (χ1) is 29.2. The van der Waals surface area contributed by atoms with E-state index in [1.54, 1.807) is 0 Å². The molecule has 0 saturated heterocycles. The minimum Gasteiger partial charge on any atom is -0.456 e. The van der Waals surface area contributed by atoms with Crippen molar-refractivity contribution in [1.82, 2.24) is 15.0 Å². The van der Waals surface area contributed by atoms with Crippen LogP contribution in [-0.2, 0) is 0 Å². The van der Waals surface area contributed by atoms with Gasteiger partial charge in [-0.2, -0.15) is 0 Å². The molecule has 11 rings (SSSR count). The second kappa shape index (κ2) is 14.5. The lowest BCUT2D eigenvalue weighted by molar-refractivity contribution is 0.669. The minimum atomic E-state index is 0.591. The SMILES string of the molecule is c1ccc(-c2cccc(-c3nc(-c4ccccc4)nc(-c4cccc5oc6ccc(-c7ccc(-c8ccc9c(-c%10ccccc%10)cccc9c8)cc7)cc6c45)n3)c2)cc1. The molecular formula is C55H35N3O. The van der Waals surface area contributed by atoms with Crippen LogP contribution in [0.25, 0.3) is 111 Å². The Morgan fingerprint density at radius 1 is 0.271 bits per heavy atom. The van der Waals surface area contributed by atoms with Gasteiger partial charge >= 0.3 is 0 Å². The summed E-state index contributed by atoms with van der Waals surface area (Å²) in [5.74, 6) is 1.82. The lowest BCUT2D eigenvalue weighted by atomic mass is 9.94. The Hall–Kier alpha value is -7.95. The van der Waals surface area contributed by atoms with Gasteiger partial charge in [0, 0.05) is 27.5 Å². The molecule has 2 heterocycles. The molecule has 0 atom stereocenters. The zero-order valence-electron chi connectivity index (χ0n) is 32.0. The highest BCUT2D eigenvalue weighted by Crippen LogP contribution is 2.39. The molecular weight excluding hydrogens is 719 g/mol. The van der Waals surface area contributed by atoms with Crippen LogP contribution in [0.4, 0.5) is 0 Å². The van der Waals surface area contributed by atoms with Crippen LogP contribution >= 0.6 is 0 Å². The average molecular weight is 754 g/mol. The zero-order chi connectivity index (χ0) is 39.1. The zero-order valence-corrected chi connectivity index (χ0v) is 32.0. The van der Waals surface area contributed by atoms with Crippen LogP contribution in [0.1, 0.15) is 0 Å². The molecule has 0 saturated carbocycles. The van der Waals surface area contributed by atoms with Crippen molar-refractivity contribution in [1.29, 1.82) is 0 Å². The second-order valence-corrected chi connectivity index (χ2v) is 14.8. The van der Waals surface area contributed by atoms with Crippen molar-refractivity contribution in [3.63, 3.8) is 0 Å². The number of benzene rings is 9. The summed E-state index contributed by atoms with van der Waals surface area (Å²) < 4.78 is 6.48. The number of hydrogen-bond donors (Lipinski definition) is 0. The van der Waals surface area contributed by atoms with E-state index in [-0.39, 0.29) is 0 Å². The van der Waals surface area contributed by atoms with Crippen LogP contribution in [0.15, 0.2) is 217 Å². The number of rotatable bonds is 7. The van der Waals surface area contributed by atoms with Crippen LogP contribution in [0.3, 0.4) is 0 Å². The fourth-order valence-corrected chi connectivity index (χ4v) is 8.19. The largest absolute Gasteiger partial charge is 0.456 e. The third-order valence-corrected chi connectivity index (χ3v) is 11.1. The van der Waals surface area contributed by atoms with Crippen LogP contribution in [0.5, 0.6) is 0 Å². The number of furan rings is 1. The smallest absolute Gasteiger partial charge is 0.164 e. The van der Waals surface area contributed by atoms with Gasteiger partial charge in [0.2, 0.25) is 0 Å². The van der Waals surface area contributed by atoms with E-state index in [1.165, 1.54) is 33.0 Å². The molecule has 59 heavy (non-hydrogen) atoms. The predicted molar refractivity (Wildman–Crippen MR) is 243 cm³/mol. The topological polar surface area (TPSA) is 51.8 Å². The first-order valence-corrected chi connectivity index (χ1v) is 19.8. The molecule has 4 heteroatoms. The van der Waals surface area contributed by atoms with Gasteiger partial charge in [-0.1, -0.05) is 182 Å². The molecule has 276 valence electrons. The molecule has 0 fully saturated rings. The quantitative estimate of drug-likeness (QED) is 0.163. The van der Waals surface area contributed by atoms with E-state index in [0.717, 1.165) is 60.9 Å². The van der Waals surface area contributed by atoms with Crippen molar-refractivity contribution in [3.8, 4) is 78.7 Å². The van der Waals surface area contributed by atoms with E-state index in [4.69, 9.17) is 19.4 Å². The van der Waals surface area contributed by atoms with E-state index < -0.39 is 0 Å². The molecule has 0 unspecified atom stereocenters. The van der Waals surface area contributed by atoms with Gasteiger partial charge in [-0.25, -0.2) is 15.0 Å². The second-order valence-electron chi connectivity index (χ2n) is 14.8. The molecule has 4 nitrogen and oxygen atoms in total. The molecule has 0 amide bonds. The Morgan fingerprint density at radius 2 is 0.780 bits per heavy atom.